The third kappa shape index (κ3) is 3.97. The Labute approximate surface area is 146 Å². The summed E-state index contributed by atoms with van der Waals surface area (Å²) in [6.45, 7) is 1.37. The molecule has 2 amide bonds. The van der Waals surface area contributed by atoms with E-state index in [1.807, 2.05) is 53.6 Å². The van der Waals surface area contributed by atoms with Crippen molar-refractivity contribution < 1.29 is 9.59 Å². The van der Waals surface area contributed by atoms with E-state index in [0.29, 0.717) is 18.5 Å². The molecular weight excluding hydrogens is 320 g/mol. The van der Waals surface area contributed by atoms with E-state index in [9.17, 15) is 9.59 Å². The number of anilines is 1. The zero-order valence-corrected chi connectivity index (χ0v) is 14.4. The van der Waals surface area contributed by atoms with E-state index in [0.717, 1.165) is 29.1 Å². The van der Waals surface area contributed by atoms with Gasteiger partial charge in [-0.05, 0) is 48.6 Å². The molecule has 0 aliphatic carbocycles. The van der Waals surface area contributed by atoms with Crippen molar-refractivity contribution in [2.45, 2.75) is 24.3 Å². The largest absolute Gasteiger partial charge is 0.338 e. The molecule has 24 heavy (non-hydrogen) atoms. The number of hydrogen-bond donors (Lipinski definition) is 1. The smallest absolute Gasteiger partial charge is 0.255 e. The Bertz CT molecular complexity index is 761. The van der Waals surface area contributed by atoms with Crippen molar-refractivity contribution >= 4 is 29.3 Å². The fourth-order valence-corrected chi connectivity index (χ4v) is 3.27. The number of benzene rings is 2. The van der Waals surface area contributed by atoms with E-state index in [1.165, 1.54) is 0 Å². The van der Waals surface area contributed by atoms with Gasteiger partial charge in [-0.15, -0.1) is 11.8 Å². The van der Waals surface area contributed by atoms with Crippen molar-refractivity contribution in [3.05, 3.63) is 59.7 Å². The lowest BCUT2D eigenvalue weighted by atomic mass is 10.1. The zero-order chi connectivity index (χ0) is 16.9. The molecule has 4 nitrogen and oxygen atoms in total. The normalized spacial score (nSPS) is 14.0. The zero-order valence-electron chi connectivity index (χ0n) is 13.6. The van der Waals surface area contributed by atoms with Gasteiger partial charge in [0, 0.05) is 35.7 Å². The highest BCUT2D eigenvalue weighted by atomic mass is 32.2. The molecule has 3 rings (SSSR count). The number of nitrogens with zero attached hydrogens (tertiary/aromatic N) is 1. The third-order valence-electron chi connectivity index (χ3n) is 4.06. The number of likely N-dealkylation sites (tertiary alicyclic amines) is 1. The van der Waals surface area contributed by atoms with Gasteiger partial charge in [0.25, 0.3) is 5.91 Å². The van der Waals surface area contributed by atoms with Crippen molar-refractivity contribution in [3.63, 3.8) is 0 Å². The maximum Gasteiger partial charge on any atom is 0.255 e. The highest BCUT2D eigenvalue weighted by molar-refractivity contribution is 7.98. The minimum Gasteiger partial charge on any atom is -0.338 e. The Morgan fingerprint density at radius 1 is 1.21 bits per heavy atom. The summed E-state index contributed by atoms with van der Waals surface area (Å²) in [7, 11) is 0. The molecule has 1 aliphatic rings. The van der Waals surface area contributed by atoms with Gasteiger partial charge in [-0.25, -0.2) is 0 Å². The van der Waals surface area contributed by atoms with E-state index in [-0.39, 0.29) is 11.8 Å². The van der Waals surface area contributed by atoms with Crippen molar-refractivity contribution in [1.29, 1.82) is 0 Å². The number of carbonyl (C=O) groups excluding carboxylic acids is 2. The molecule has 2 aromatic carbocycles. The molecule has 0 aromatic heterocycles. The quantitative estimate of drug-likeness (QED) is 0.843. The first kappa shape index (κ1) is 16.6. The number of nitrogens with one attached hydrogen (secondary N) is 1. The SMILES string of the molecule is CSc1cccc(NC(=O)c2cccc(CN3CCCC3=O)c2)c1. The van der Waals surface area contributed by atoms with Crippen LogP contribution >= 0.6 is 11.8 Å². The summed E-state index contributed by atoms with van der Waals surface area (Å²) in [6.07, 6.45) is 3.56. The van der Waals surface area contributed by atoms with Crippen molar-refractivity contribution in [1.82, 2.24) is 4.90 Å². The summed E-state index contributed by atoms with van der Waals surface area (Å²) in [5, 5.41) is 2.93. The fraction of sp³-hybridized carbons (Fsp3) is 0.263. The Hall–Kier alpha value is -2.27. The van der Waals surface area contributed by atoms with Gasteiger partial charge in [0.2, 0.25) is 5.91 Å². The molecule has 0 atom stereocenters. The Morgan fingerprint density at radius 3 is 2.79 bits per heavy atom. The van der Waals surface area contributed by atoms with Crippen LogP contribution in [0.1, 0.15) is 28.8 Å². The van der Waals surface area contributed by atoms with Crippen LogP contribution in [0.2, 0.25) is 0 Å². The molecule has 0 bridgehead atoms. The van der Waals surface area contributed by atoms with E-state index in [4.69, 9.17) is 0 Å². The second kappa shape index (κ2) is 7.53. The van der Waals surface area contributed by atoms with E-state index in [2.05, 4.69) is 5.32 Å². The molecule has 5 heteroatoms. The number of amides is 2. The lowest BCUT2D eigenvalue weighted by Crippen LogP contribution is -2.24. The minimum atomic E-state index is -0.136. The van der Waals surface area contributed by atoms with Gasteiger partial charge < -0.3 is 10.2 Å². The molecule has 1 N–H and O–H groups in total. The van der Waals surface area contributed by atoms with Crippen LogP contribution in [0, 0.1) is 0 Å². The van der Waals surface area contributed by atoms with Crippen molar-refractivity contribution in [3.8, 4) is 0 Å². The van der Waals surface area contributed by atoms with Gasteiger partial charge in [-0.3, -0.25) is 9.59 Å². The van der Waals surface area contributed by atoms with Crippen LogP contribution in [0.5, 0.6) is 0 Å². The predicted molar refractivity (Wildman–Crippen MR) is 97.3 cm³/mol. The summed E-state index contributed by atoms with van der Waals surface area (Å²) < 4.78 is 0. The summed E-state index contributed by atoms with van der Waals surface area (Å²) in [5.41, 5.74) is 2.37. The van der Waals surface area contributed by atoms with E-state index >= 15 is 0 Å². The van der Waals surface area contributed by atoms with Gasteiger partial charge in [-0.2, -0.15) is 0 Å². The first-order valence-corrected chi connectivity index (χ1v) is 9.20. The Kier molecular flexibility index (Phi) is 5.20. The molecule has 1 heterocycles. The third-order valence-corrected chi connectivity index (χ3v) is 4.79. The summed E-state index contributed by atoms with van der Waals surface area (Å²) in [6, 6.07) is 15.2. The average molecular weight is 340 g/mol. The average Bonchev–Trinajstić information content (AvgIpc) is 3.00. The fourth-order valence-electron chi connectivity index (χ4n) is 2.81. The Morgan fingerprint density at radius 2 is 2.04 bits per heavy atom. The number of hydrogen-bond acceptors (Lipinski definition) is 3. The molecule has 2 aromatic rings. The van der Waals surface area contributed by atoms with E-state index < -0.39 is 0 Å². The van der Waals surface area contributed by atoms with Gasteiger partial charge in [-0.1, -0.05) is 18.2 Å². The van der Waals surface area contributed by atoms with Crippen LogP contribution in [-0.4, -0.2) is 29.5 Å². The topological polar surface area (TPSA) is 49.4 Å². The predicted octanol–water partition coefficient (Wildman–Crippen LogP) is 3.78. The second-order valence-corrected chi connectivity index (χ2v) is 6.68. The lowest BCUT2D eigenvalue weighted by Gasteiger charge is -2.16. The lowest BCUT2D eigenvalue weighted by molar-refractivity contribution is -0.128. The molecule has 0 radical (unpaired) electrons. The van der Waals surface area contributed by atoms with Crippen molar-refractivity contribution in [2.75, 3.05) is 18.1 Å². The standard InChI is InChI=1S/C19H20N2O2S/c1-24-17-8-3-7-16(12-17)20-19(23)15-6-2-5-14(11-15)13-21-10-4-9-18(21)22/h2-3,5-8,11-12H,4,9-10,13H2,1H3,(H,20,23). The molecule has 1 aliphatic heterocycles. The molecule has 1 fully saturated rings. The molecular formula is C19H20N2O2S. The van der Waals surface area contributed by atoms with Gasteiger partial charge in [0.1, 0.15) is 0 Å². The first-order valence-electron chi connectivity index (χ1n) is 7.98. The monoisotopic (exact) mass is 340 g/mol. The van der Waals surface area contributed by atoms with Crippen LogP contribution in [0.25, 0.3) is 0 Å². The van der Waals surface area contributed by atoms with E-state index in [1.54, 1.807) is 17.8 Å². The van der Waals surface area contributed by atoms with Gasteiger partial charge >= 0.3 is 0 Å². The maximum absolute atomic E-state index is 12.5. The minimum absolute atomic E-state index is 0.136. The highest BCUT2D eigenvalue weighted by Gasteiger charge is 2.20. The highest BCUT2D eigenvalue weighted by Crippen LogP contribution is 2.20. The number of carbonyl (C=O) groups is 2. The van der Waals surface area contributed by atoms with Crippen LogP contribution in [-0.2, 0) is 11.3 Å². The molecule has 0 saturated carbocycles. The molecule has 0 spiro atoms. The van der Waals surface area contributed by atoms with Gasteiger partial charge in [0.15, 0.2) is 0 Å². The van der Waals surface area contributed by atoms with Crippen LogP contribution < -0.4 is 5.32 Å². The Balaban J connectivity index is 1.70. The van der Waals surface area contributed by atoms with Gasteiger partial charge in [0.05, 0.1) is 0 Å². The number of thioether (sulfide) groups is 1. The summed E-state index contributed by atoms with van der Waals surface area (Å²) in [5.74, 6) is 0.0570. The number of rotatable bonds is 5. The summed E-state index contributed by atoms with van der Waals surface area (Å²) >= 11 is 1.64. The first-order chi connectivity index (χ1) is 11.7. The van der Waals surface area contributed by atoms with Crippen LogP contribution in [0.3, 0.4) is 0 Å². The molecule has 0 unspecified atom stereocenters. The van der Waals surface area contributed by atoms with Crippen LogP contribution in [0.4, 0.5) is 5.69 Å². The molecule has 124 valence electrons. The molecule has 1 saturated heterocycles. The maximum atomic E-state index is 12.5. The van der Waals surface area contributed by atoms with Crippen LogP contribution in [0.15, 0.2) is 53.4 Å². The van der Waals surface area contributed by atoms with Crippen molar-refractivity contribution in [2.24, 2.45) is 0 Å². The second-order valence-electron chi connectivity index (χ2n) is 5.81. The summed E-state index contributed by atoms with van der Waals surface area (Å²) in [4.78, 5) is 27.2.